The molecule has 1 aromatic heterocycles. The van der Waals surface area contributed by atoms with Crippen LogP contribution in [-0.4, -0.2) is 17.3 Å². The average molecular weight is 214 g/mol. The standard InChI is InChI=1S/C10H7BN2O3/c1-12-9-3-2-7(13(15)16)4-6(9)5-8(11)10(12)14/h2-5H,1H3. The van der Waals surface area contributed by atoms with Gasteiger partial charge in [-0.15, -0.1) is 0 Å². The van der Waals surface area contributed by atoms with Crippen molar-refractivity contribution in [3.63, 3.8) is 0 Å². The van der Waals surface area contributed by atoms with E-state index < -0.39 is 4.92 Å². The van der Waals surface area contributed by atoms with E-state index in [-0.39, 0.29) is 16.7 Å². The first-order chi connectivity index (χ1) is 7.50. The average Bonchev–Trinajstić information content (AvgIpc) is 2.25. The van der Waals surface area contributed by atoms with Crippen LogP contribution in [0.15, 0.2) is 29.1 Å². The Morgan fingerprint density at radius 3 is 2.69 bits per heavy atom. The molecular weight excluding hydrogens is 207 g/mol. The normalized spacial score (nSPS) is 10.6. The van der Waals surface area contributed by atoms with E-state index in [4.69, 9.17) is 7.85 Å². The van der Waals surface area contributed by atoms with Gasteiger partial charge in [-0.05, 0) is 11.5 Å². The van der Waals surface area contributed by atoms with Crippen LogP contribution in [0.1, 0.15) is 0 Å². The second-order valence-electron chi connectivity index (χ2n) is 3.46. The van der Waals surface area contributed by atoms with Gasteiger partial charge in [0.05, 0.1) is 10.4 Å². The predicted octanol–water partition coefficient (Wildman–Crippen LogP) is 0.240. The monoisotopic (exact) mass is 214 g/mol. The summed E-state index contributed by atoms with van der Waals surface area (Å²) in [5.41, 5.74) is 0.368. The molecule has 0 saturated carbocycles. The summed E-state index contributed by atoms with van der Waals surface area (Å²) in [5, 5.41) is 11.2. The number of hydrogen-bond acceptors (Lipinski definition) is 3. The highest BCUT2D eigenvalue weighted by molar-refractivity contribution is 6.32. The number of nitro groups is 1. The van der Waals surface area contributed by atoms with Gasteiger partial charge < -0.3 is 4.57 Å². The van der Waals surface area contributed by atoms with Crippen LogP contribution in [0, 0.1) is 10.1 Å². The van der Waals surface area contributed by atoms with Gasteiger partial charge in [0.25, 0.3) is 5.69 Å². The van der Waals surface area contributed by atoms with Crippen LogP contribution in [0.3, 0.4) is 0 Å². The van der Waals surface area contributed by atoms with Gasteiger partial charge in [-0.25, -0.2) is 0 Å². The predicted molar refractivity (Wildman–Crippen MR) is 61.2 cm³/mol. The number of rotatable bonds is 1. The maximum Gasteiger partial charge on any atom is 0.270 e. The van der Waals surface area contributed by atoms with Crippen molar-refractivity contribution >= 4 is 29.9 Å². The number of hydrogen-bond donors (Lipinski definition) is 0. The lowest BCUT2D eigenvalue weighted by Gasteiger charge is -2.06. The van der Waals surface area contributed by atoms with E-state index in [1.54, 1.807) is 7.05 Å². The summed E-state index contributed by atoms with van der Waals surface area (Å²) in [6, 6.07) is 5.74. The number of fused-ring (bicyclic) bond motifs is 1. The van der Waals surface area contributed by atoms with Crippen LogP contribution in [0.2, 0.25) is 0 Å². The molecule has 16 heavy (non-hydrogen) atoms. The third-order valence-corrected chi connectivity index (χ3v) is 2.45. The van der Waals surface area contributed by atoms with Gasteiger partial charge in [0.15, 0.2) is 0 Å². The summed E-state index contributed by atoms with van der Waals surface area (Å²) >= 11 is 0. The van der Waals surface area contributed by atoms with Gasteiger partial charge in [-0.2, -0.15) is 0 Å². The van der Waals surface area contributed by atoms with Gasteiger partial charge in [0.2, 0.25) is 5.56 Å². The first kappa shape index (κ1) is 10.4. The molecule has 5 nitrogen and oxygen atoms in total. The second-order valence-corrected chi connectivity index (χ2v) is 3.46. The molecule has 0 unspecified atom stereocenters. The molecule has 0 aliphatic rings. The first-order valence-corrected chi connectivity index (χ1v) is 4.54. The van der Waals surface area contributed by atoms with E-state index in [1.807, 2.05) is 0 Å². The number of pyridine rings is 1. The molecule has 2 aromatic rings. The Morgan fingerprint density at radius 2 is 2.06 bits per heavy atom. The summed E-state index contributed by atoms with van der Waals surface area (Å²) < 4.78 is 1.37. The lowest BCUT2D eigenvalue weighted by atomic mass is 9.96. The van der Waals surface area contributed by atoms with Gasteiger partial charge in [0.1, 0.15) is 7.85 Å². The van der Waals surface area contributed by atoms with Gasteiger partial charge in [-0.1, -0.05) is 6.07 Å². The van der Waals surface area contributed by atoms with Crippen LogP contribution in [0.4, 0.5) is 5.69 Å². The van der Waals surface area contributed by atoms with Crippen molar-refractivity contribution in [1.82, 2.24) is 4.57 Å². The van der Waals surface area contributed by atoms with Crippen LogP contribution < -0.4 is 11.0 Å². The number of nitro benzene ring substituents is 1. The van der Waals surface area contributed by atoms with Gasteiger partial charge in [0, 0.05) is 24.6 Å². The zero-order valence-electron chi connectivity index (χ0n) is 8.51. The van der Waals surface area contributed by atoms with Crippen molar-refractivity contribution in [1.29, 1.82) is 0 Å². The molecular formula is C10H7BN2O3. The third kappa shape index (κ3) is 1.48. The third-order valence-electron chi connectivity index (χ3n) is 2.45. The summed E-state index contributed by atoms with van der Waals surface area (Å²) in [7, 11) is 7.09. The molecule has 0 bridgehead atoms. The highest BCUT2D eigenvalue weighted by Crippen LogP contribution is 2.18. The van der Waals surface area contributed by atoms with E-state index in [0.29, 0.717) is 10.9 Å². The Balaban J connectivity index is 2.86. The fourth-order valence-electron chi connectivity index (χ4n) is 1.61. The Hall–Kier alpha value is -2.11. The van der Waals surface area contributed by atoms with Crippen LogP contribution in [-0.2, 0) is 7.05 Å². The molecule has 0 amide bonds. The van der Waals surface area contributed by atoms with Crippen molar-refractivity contribution in [2.75, 3.05) is 0 Å². The molecule has 6 heteroatoms. The second kappa shape index (κ2) is 3.48. The van der Waals surface area contributed by atoms with Gasteiger partial charge in [-0.3, -0.25) is 14.9 Å². The van der Waals surface area contributed by atoms with Crippen molar-refractivity contribution in [2.24, 2.45) is 7.05 Å². The molecule has 1 aromatic carbocycles. The Morgan fingerprint density at radius 1 is 1.38 bits per heavy atom. The minimum Gasteiger partial charge on any atom is -0.312 e. The lowest BCUT2D eigenvalue weighted by Crippen LogP contribution is -2.32. The molecule has 2 rings (SSSR count). The maximum absolute atomic E-state index is 11.5. The Kier molecular flexibility index (Phi) is 2.27. The van der Waals surface area contributed by atoms with E-state index in [9.17, 15) is 14.9 Å². The van der Waals surface area contributed by atoms with E-state index in [0.717, 1.165) is 0 Å². The van der Waals surface area contributed by atoms with Gasteiger partial charge >= 0.3 is 0 Å². The Labute approximate surface area is 91.9 Å². The van der Waals surface area contributed by atoms with Crippen LogP contribution in [0.25, 0.3) is 10.9 Å². The van der Waals surface area contributed by atoms with E-state index in [1.165, 1.54) is 28.8 Å². The molecule has 0 N–H and O–H groups in total. The molecule has 78 valence electrons. The smallest absolute Gasteiger partial charge is 0.270 e. The topological polar surface area (TPSA) is 65.1 Å². The zero-order valence-corrected chi connectivity index (χ0v) is 8.51. The number of benzene rings is 1. The minimum atomic E-state index is -0.485. The van der Waals surface area contributed by atoms with Crippen LogP contribution >= 0.6 is 0 Å². The summed E-state index contributed by atoms with van der Waals surface area (Å²) in [4.78, 5) is 21.6. The molecule has 0 fully saturated rings. The summed E-state index contributed by atoms with van der Waals surface area (Å²) in [6.45, 7) is 0. The Bertz CT molecular complexity index is 648. The number of aryl methyl sites for hydroxylation is 1. The quantitative estimate of drug-likeness (QED) is 0.388. The summed E-state index contributed by atoms with van der Waals surface area (Å²) in [5.74, 6) is 0. The van der Waals surface area contributed by atoms with Crippen molar-refractivity contribution in [3.05, 3.63) is 44.7 Å². The largest absolute Gasteiger partial charge is 0.312 e. The SMILES string of the molecule is [B]c1cc2cc([N+](=O)[O-])ccc2n(C)c1=O. The van der Waals surface area contributed by atoms with E-state index >= 15 is 0 Å². The lowest BCUT2D eigenvalue weighted by molar-refractivity contribution is -0.384. The summed E-state index contributed by atoms with van der Waals surface area (Å²) in [6.07, 6.45) is 0. The molecule has 0 aliphatic heterocycles. The van der Waals surface area contributed by atoms with Crippen LogP contribution in [0.5, 0.6) is 0 Å². The fraction of sp³-hybridized carbons (Fsp3) is 0.100. The molecule has 2 radical (unpaired) electrons. The number of aromatic nitrogens is 1. The molecule has 0 atom stereocenters. The van der Waals surface area contributed by atoms with Crippen molar-refractivity contribution in [3.8, 4) is 0 Å². The molecule has 1 heterocycles. The van der Waals surface area contributed by atoms with E-state index in [2.05, 4.69) is 0 Å². The fourth-order valence-corrected chi connectivity index (χ4v) is 1.61. The molecule has 0 spiro atoms. The minimum absolute atomic E-state index is 0.0226. The highest BCUT2D eigenvalue weighted by Gasteiger charge is 2.08. The van der Waals surface area contributed by atoms with Crippen molar-refractivity contribution < 1.29 is 4.92 Å². The first-order valence-electron chi connectivity index (χ1n) is 4.54. The zero-order chi connectivity index (χ0) is 11.9. The highest BCUT2D eigenvalue weighted by atomic mass is 16.6. The molecule has 0 saturated heterocycles. The number of nitrogens with zero attached hydrogens (tertiary/aromatic N) is 2. The van der Waals surface area contributed by atoms with Crippen molar-refractivity contribution in [2.45, 2.75) is 0 Å². The maximum atomic E-state index is 11.5. The number of non-ortho nitro benzene ring substituents is 1. The molecule has 0 aliphatic carbocycles.